The summed E-state index contributed by atoms with van der Waals surface area (Å²) < 4.78 is 39.4. The summed E-state index contributed by atoms with van der Waals surface area (Å²) in [4.78, 5) is 35.7. The molecule has 2 unspecified atom stereocenters. The maximum Gasteiger partial charge on any atom is 0.404 e. The number of nitrogens with one attached hydrogen (secondary N) is 2. The molecule has 20 heavy (non-hydrogen) atoms. The number of likely N-dealkylation sites (N-methyl/N-ethyl adjacent to an activating group) is 1. The van der Waals surface area contributed by atoms with Crippen LogP contribution in [0.2, 0.25) is 0 Å². The number of likely N-dealkylation sites (tertiary alicyclic amines) is 1. The first kappa shape index (κ1) is 14.8. The number of imide groups is 1. The largest absolute Gasteiger partial charge is 0.404 e. The van der Waals surface area contributed by atoms with Gasteiger partial charge < -0.3 is 10.6 Å². The Balaban J connectivity index is 2.15. The van der Waals surface area contributed by atoms with Gasteiger partial charge in [0.05, 0.1) is 6.42 Å². The van der Waals surface area contributed by atoms with Crippen LogP contribution in [0.4, 0.5) is 13.2 Å². The second-order valence-electron chi connectivity index (χ2n) is 5.03. The van der Waals surface area contributed by atoms with Gasteiger partial charge in [-0.2, -0.15) is 13.2 Å². The summed E-state index contributed by atoms with van der Waals surface area (Å²) in [6.07, 6.45) is -5.40. The van der Waals surface area contributed by atoms with Crippen LogP contribution in [0.3, 0.4) is 0 Å². The fourth-order valence-corrected chi connectivity index (χ4v) is 2.42. The average Bonchev–Trinajstić information content (AvgIpc) is 2.92. The minimum Gasteiger partial charge on any atom is -0.343 e. The molecule has 0 aromatic carbocycles. The lowest BCUT2D eigenvalue weighted by molar-refractivity contribution is -0.216. The molecule has 6 nitrogen and oxygen atoms in total. The molecular formula is C11H14F3N3O3. The molecule has 2 aliphatic heterocycles. The Morgan fingerprint density at radius 1 is 1.45 bits per heavy atom. The highest BCUT2D eigenvalue weighted by Gasteiger charge is 2.62. The van der Waals surface area contributed by atoms with E-state index in [9.17, 15) is 27.6 Å². The standard InChI is InChI=1S/C11H14F3N3O3/c1-17-7(18)4-6(8(17)19)16-9(20)10(11(12,13)14)2-3-15-5-10/h6,15H,2-5H2,1H3,(H,16,20). The normalized spacial score (nSPS) is 31.0. The highest BCUT2D eigenvalue weighted by atomic mass is 19.4. The van der Waals surface area contributed by atoms with Gasteiger partial charge in [-0.1, -0.05) is 0 Å². The molecule has 112 valence electrons. The Kier molecular flexibility index (Phi) is 3.49. The van der Waals surface area contributed by atoms with E-state index in [4.69, 9.17) is 0 Å². The molecule has 2 heterocycles. The Labute approximate surface area is 112 Å². The van der Waals surface area contributed by atoms with Crippen LogP contribution < -0.4 is 10.6 Å². The molecule has 2 aliphatic rings. The molecule has 0 saturated carbocycles. The topological polar surface area (TPSA) is 78.5 Å². The van der Waals surface area contributed by atoms with Crippen molar-refractivity contribution in [3.05, 3.63) is 0 Å². The SMILES string of the molecule is CN1C(=O)CC(NC(=O)C2(C(F)(F)F)CCNC2)C1=O. The number of rotatable bonds is 2. The van der Waals surface area contributed by atoms with Crippen molar-refractivity contribution >= 4 is 17.7 Å². The summed E-state index contributed by atoms with van der Waals surface area (Å²) in [6, 6.07) is -1.21. The van der Waals surface area contributed by atoms with Crippen LogP contribution in [0, 0.1) is 5.41 Å². The van der Waals surface area contributed by atoms with Gasteiger partial charge in [0.25, 0.3) is 5.91 Å². The van der Waals surface area contributed by atoms with Gasteiger partial charge in [-0.05, 0) is 13.0 Å². The van der Waals surface area contributed by atoms with Crippen molar-refractivity contribution in [2.75, 3.05) is 20.1 Å². The second-order valence-corrected chi connectivity index (χ2v) is 5.03. The predicted molar refractivity (Wildman–Crippen MR) is 60.3 cm³/mol. The molecular weight excluding hydrogens is 279 g/mol. The van der Waals surface area contributed by atoms with Gasteiger partial charge >= 0.3 is 6.18 Å². The van der Waals surface area contributed by atoms with Crippen molar-refractivity contribution in [2.45, 2.75) is 25.1 Å². The van der Waals surface area contributed by atoms with Gasteiger partial charge in [0.15, 0.2) is 5.41 Å². The van der Waals surface area contributed by atoms with Crippen molar-refractivity contribution in [1.82, 2.24) is 15.5 Å². The van der Waals surface area contributed by atoms with Crippen molar-refractivity contribution in [3.8, 4) is 0 Å². The maximum absolute atomic E-state index is 13.1. The third-order valence-electron chi connectivity index (χ3n) is 3.82. The van der Waals surface area contributed by atoms with Crippen LogP contribution >= 0.6 is 0 Å². The molecule has 0 aromatic heterocycles. The molecule has 9 heteroatoms. The quantitative estimate of drug-likeness (QED) is 0.667. The summed E-state index contributed by atoms with van der Waals surface area (Å²) in [5.74, 6) is -2.46. The first-order valence-electron chi connectivity index (χ1n) is 6.08. The van der Waals surface area contributed by atoms with E-state index in [0.29, 0.717) is 0 Å². The monoisotopic (exact) mass is 293 g/mol. The number of halogens is 3. The number of hydrogen-bond acceptors (Lipinski definition) is 4. The fourth-order valence-electron chi connectivity index (χ4n) is 2.42. The van der Waals surface area contributed by atoms with E-state index in [1.54, 1.807) is 0 Å². The van der Waals surface area contributed by atoms with Gasteiger partial charge in [0, 0.05) is 13.6 Å². The smallest absolute Gasteiger partial charge is 0.343 e. The summed E-state index contributed by atoms with van der Waals surface area (Å²) >= 11 is 0. The Hall–Kier alpha value is -1.64. The minimum atomic E-state index is -4.71. The van der Waals surface area contributed by atoms with E-state index in [1.165, 1.54) is 7.05 Å². The van der Waals surface area contributed by atoms with Crippen LogP contribution in [-0.2, 0) is 14.4 Å². The molecule has 0 bridgehead atoms. The highest BCUT2D eigenvalue weighted by molar-refractivity contribution is 6.06. The molecule has 0 aliphatic carbocycles. The van der Waals surface area contributed by atoms with Crippen molar-refractivity contribution in [1.29, 1.82) is 0 Å². The summed E-state index contributed by atoms with van der Waals surface area (Å²) in [5, 5.41) is 4.58. The van der Waals surface area contributed by atoms with Gasteiger partial charge in [-0.3, -0.25) is 19.3 Å². The summed E-state index contributed by atoms with van der Waals surface area (Å²) in [7, 11) is 1.23. The molecule has 2 atom stereocenters. The molecule has 2 N–H and O–H groups in total. The highest BCUT2D eigenvalue weighted by Crippen LogP contribution is 2.43. The van der Waals surface area contributed by atoms with Crippen LogP contribution in [0.1, 0.15) is 12.8 Å². The third-order valence-corrected chi connectivity index (χ3v) is 3.82. The van der Waals surface area contributed by atoms with Crippen molar-refractivity contribution in [2.24, 2.45) is 5.41 Å². The Morgan fingerprint density at radius 3 is 2.50 bits per heavy atom. The summed E-state index contributed by atoms with van der Waals surface area (Å²) in [5.41, 5.74) is -2.53. The second kappa shape index (κ2) is 4.72. The lowest BCUT2D eigenvalue weighted by atomic mass is 9.85. The lowest BCUT2D eigenvalue weighted by Crippen LogP contribution is -2.55. The minimum absolute atomic E-state index is 0.0738. The molecule has 0 spiro atoms. The van der Waals surface area contributed by atoms with Crippen molar-refractivity contribution < 1.29 is 27.6 Å². The van der Waals surface area contributed by atoms with Crippen molar-refractivity contribution in [3.63, 3.8) is 0 Å². The van der Waals surface area contributed by atoms with Gasteiger partial charge in [-0.15, -0.1) is 0 Å². The third kappa shape index (κ3) is 2.15. The number of carbonyl (C=O) groups is 3. The number of nitrogens with zero attached hydrogens (tertiary/aromatic N) is 1. The van der Waals surface area contributed by atoms with Gasteiger partial charge in [0.1, 0.15) is 6.04 Å². The number of hydrogen-bond donors (Lipinski definition) is 2. The van der Waals surface area contributed by atoms with E-state index >= 15 is 0 Å². The first-order valence-corrected chi connectivity index (χ1v) is 6.08. The molecule has 2 fully saturated rings. The van der Waals surface area contributed by atoms with E-state index in [-0.39, 0.29) is 19.4 Å². The molecule has 2 saturated heterocycles. The van der Waals surface area contributed by atoms with Crippen LogP contribution in [-0.4, -0.2) is 55.0 Å². The Morgan fingerprint density at radius 2 is 2.10 bits per heavy atom. The number of amides is 3. The maximum atomic E-state index is 13.1. The van der Waals surface area contributed by atoms with Gasteiger partial charge in [-0.25, -0.2) is 0 Å². The predicted octanol–water partition coefficient (Wildman–Crippen LogP) is -0.598. The zero-order valence-electron chi connectivity index (χ0n) is 10.7. The van der Waals surface area contributed by atoms with E-state index in [2.05, 4.69) is 10.6 Å². The Bertz CT molecular complexity index is 458. The lowest BCUT2D eigenvalue weighted by Gasteiger charge is -2.30. The molecule has 0 radical (unpaired) electrons. The van der Waals surface area contributed by atoms with E-state index < -0.39 is 41.9 Å². The zero-order chi connectivity index (χ0) is 15.1. The van der Waals surface area contributed by atoms with Crippen LogP contribution in [0.15, 0.2) is 0 Å². The van der Waals surface area contributed by atoms with E-state index in [1.807, 2.05) is 0 Å². The van der Waals surface area contributed by atoms with Crippen LogP contribution in [0.25, 0.3) is 0 Å². The zero-order valence-corrected chi connectivity index (χ0v) is 10.7. The van der Waals surface area contributed by atoms with E-state index in [0.717, 1.165) is 4.90 Å². The van der Waals surface area contributed by atoms with Gasteiger partial charge in [0.2, 0.25) is 11.8 Å². The molecule has 2 rings (SSSR count). The number of alkyl halides is 3. The average molecular weight is 293 g/mol. The first-order chi connectivity index (χ1) is 9.19. The molecule has 3 amide bonds. The molecule has 0 aromatic rings. The fraction of sp³-hybridized carbons (Fsp3) is 0.727. The van der Waals surface area contributed by atoms with Crippen LogP contribution in [0.5, 0.6) is 0 Å². The number of carbonyl (C=O) groups excluding carboxylic acids is 3. The summed E-state index contributed by atoms with van der Waals surface area (Å²) in [6.45, 7) is -0.447.